The summed E-state index contributed by atoms with van der Waals surface area (Å²) in [5.41, 5.74) is 1.03. The first-order chi connectivity index (χ1) is 5.72. The van der Waals surface area contributed by atoms with Crippen molar-refractivity contribution in [3.05, 3.63) is 29.6 Å². The lowest BCUT2D eigenvalue weighted by atomic mass is 10.3. The molecule has 0 atom stereocenters. The lowest BCUT2D eigenvalue weighted by molar-refractivity contribution is -0.106. The van der Waals surface area contributed by atoms with Gasteiger partial charge < -0.3 is 0 Å². The lowest BCUT2D eigenvalue weighted by Crippen LogP contribution is -1.87. The SMILES string of the molecule is Cc1cncc(C=C(F)C=O)n1. The topological polar surface area (TPSA) is 42.9 Å². The van der Waals surface area contributed by atoms with Crippen LogP contribution in [0.25, 0.3) is 6.08 Å². The molecule has 1 heterocycles. The molecule has 62 valence electrons. The molecular formula is C8H7FN2O. The molecule has 3 nitrogen and oxygen atoms in total. The Bertz CT molecular complexity index is 323. The average Bonchev–Trinajstić information content (AvgIpc) is 2.04. The summed E-state index contributed by atoms with van der Waals surface area (Å²) in [5.74, 6) is -0.852. The summed E-state index contributed by atoms with van der Waals surface area (Å²) in [7, 11) is 0. The molecule has 0 fully saturated rings. The van der Waals surface area contributed by atoms with Crippen molar-refractivity contribution in [1.29, 1.82) is 0 Å². The molecule has 0 saturated heterocycles. The second kappa shape index (κ2) is 3.71. The van der Waals surface area contributed by atoms with E-state index in [1.54, 1.807) is 13.1 Å². The zero-order chi connectivity index (χ0) is 8.97. The van der Waals surface area contributed by atoms with Crippen molar-refractivity contribution in [3.63, 3.8) is 0 Å². The summed E-state index contributed by atoms with van der Waals surface area (Å²) in [4.78, 5) is 17.6. The molecule has 1 aromatic rings. The van der Waals surface area contributed by atoms with Crippen molar-refractivity contribution in [1.82, 2.24) is 9.97 Å². The molecule has 0 spiro atoms. The monoisotopic (exact) mass is 166 g/mol. The number of hydrogen-bond donors (Lipinski definition) is 0. The van der Waals surface area contributed by atoms with Gasteiger partial charge in [-0.1, -0.05) is 0 Å². The first-order valence-corrected chi connectivity index (χ1v) is 3.33. The van der Waals surface area contributed by atoms with Gasteiger partial charge in [0, 0.05) is 12.3 Å². The van der Waals surface area contributed by atoms with Gasteiger partial charge in [-0.2, -0.15) is 0 Å². The van der Waals surface area contributed by atoms with Crippen LogP contribution < -0.4 is 0 Å². The van der Waals surface area contributed by atoms with Gasteiger partial charge in [0.15, 0.2) is 12.1 Å². The fourth-order valence-electron chi connectivity index (χ4n) is 0.728. The van der Waals surface area contributed by atoms with Gasteiger partial charge in [0.25, 0.3) is 0 Å². The van der Waals surface area contributed by atoms with Crippen LogP contribution in [0.2, 0.25) is 0 Å². The number of carbonyl (C=O) groups excluding carboxylic acids is 1. The first kappa shape index (κ1) is 8.52. The summed E-state index contributed by atoms with van der Waals surface area (Å²) in [6.07, 6.45) is 4.10. The van der Waals surface area contributed by atoms with Crippen LogP contribution in [0, 0.1) is 6.92 Å². The van der Waals surface area contributed by atoms with E-state index in [4.69, 9.17) is 0 Å². The fraction of sp³-hybridized carbons (Fsp3) is 0.125. The second-order valence-corrected chi connectivity index (χ2v) is 2.23. The van der Waals surface area contributed by atoms with Gasteiger partial charge >= 0.3 is 0 Å². The molecule has 1 rings (SSSR count). The number of carbonyl (C=O) groups is 1. The summed E-state index contributed by atoms with van der Waals surface area (Å²) in [5, 5.41) is 0. The highest BCUT2D eigenvalue weighted by molar-refractivity contribution is 5.77. The Hall–Kier alpha value is -1.58. The van der Waals surface area contributed by atoms with Gasteiger partial charge in [0.05, 0.1) is 17.6 Å². The molecule has 12 heavy (non-hydrogen) atoms. The highest BCUT2D eigenvalue weighted by Gasteiger charge is 1.94. The molecule has 4 heteroatoms. The average molecular weight is 166 g/mol. The van der Waals surface area contributed by atoms with E-state index in [2.05, 4.69) is 9.97 Å². The Morgan fingerprint density at radius 3 is 2.92 bits per heavy atom. The largest absolute Gasteiger partial charge is 0.295 e. The summed E-state index contributed by atoms with van der Waals surface area (Å²) in [6.45, 7) is 1.74. The maximum absolute atomic E-state index is 12.4. The Morgan fingerprint density at radius 2 is 2.33 bits per heavy atom. The van der Waals surface area contributed by atoms with E-state index in [1.807, 2.05) is 0 Å². The standard InChI is InChI=1S/C8H7FN2O/c1-6-3-10-4-8(11-6)2-7(9)5-12/h2-5H,1H3. The van der Waals surface area contributed by atoms with Crippen molar-refractivity contribution < 1.29 is 9.18 Å². The molecule has 0 unspecified atom stereocenters. The molecule has 0 N–H and O–H groups in total. The minimum Gasteiger partial charge on any atom is -0.295 e. The smallest absolute Gasteiger partial charge is 0.178 e. The van der Waals surface area contributed by atoms with E-state index in [-0.39, 0.29) is 6.29 Å². The molecule has 0 aromatic carbocycles. The summed E-state index contributed by atoms with van der Waals surface area (Å²) < 4.78 is 12.4. The van der Waals surface area contributed by atoms with E-state index in [9.17, 15) is 9.18 Å². The second-order valence-electron chi connectivity index (χ2n) is 2.23. The molecular weight excluding hydrogens is 159 g/mol. The van der Waals surface area contributed by atoms with Gasteiger partial charge in [-0.15, -0.1) is 0 Å². The van der Waals surface area contributed by atoms with Gasteiger partial charge in [-0.05, 0) is 6.92 Å². The highest BCUT2D eigenvalue weighted by Crippen LogP contribution is 2.02. The van der Waals surface area contributed by atoms with Crippen LogP contribution in [-0.4, -0.2) is 16.3 Å². The highest BCUT2D eigenvalue weighted by atomic mass is 19.1. The number of aromatic nitrogens is 2. The number of aryl methyl sites for hydroxylation is 1. The molecule has 0 saturated carbocycles. The zero-order valence-corrected chi connectivity index (χ0v) is 6.49. The predicted octanol–water partition coefficient (Wildman–Crippen LogP) is 1.29. The van der Waals surface area contributed by atoms with Crippen LogP contribution in [0.1, 0.15) is 11.4 Å². The Kier molecular flexibility index (Phi) is 2.63. The Balaban J connectivity index is 2.97. The van der Waals surface area contributed by atoms with Crippen molar-refractivity contribution >= 4 is 12.4 Å². The van der Waals surface area contributed by atoms with E-state index in [0.29, 0.717) is 11.4 Å². The van der Waals surface area contributed by atoms with Crippen LogP contribution in [0.5, 0.6) is 0 Å². The van der Waals surface area contributed by atoms with Crippen LogP contribution in [0.4, 0.5) is 4.39 Å². The third-order valence-corrected chi connectivity index (χ3v) is 1.17. The van der Waals surface area contributed by atoms with Crippen LogP contribution in [0.15, 0.2) is 18.2 Å². The molecule has 1 aromatic heterocycles. The predicted molar refractivity (Wildman–Crippen MR) is 41.9 cm³/mol. The minimum atomic E-state index is -0.852. The summed E-state index contributed by atoms with van der Waals surface area (Å²) in [6, 6.07) is 0. The molecule has 0 aliphatic heterocycles. The van der Waals surface area contributed by atoms with Crippen molar-refractivity contribution in [3.8, 4) is 0 Å². The number of nitrogens with zero attached hydrogens (tertiary/aromatic N) is 2. The van der Waals surface area contributed by atoms with E-state index >= 15 is 0 Å². The number of rotatable bonds is 2. The van der Waals surface area contributed by atoms with Gasteiger partial charge in [0.1, 0.15) is 0 Å². The van der Waals surface area contributed by atoms with Crippen LogP contribution >= 0.6 is 0 Å². The fourth-order valence-corrected chi connectivity index (χ4v) is 0.728. The molecule has 0 radical (unpaired) electrons. The van der Waals surface area contributed by atoms with Gasteiger partial charge in [-0.25, -0.2) is 4.39 Å². The maximum atomic E-state index is 12.4. The minimum absolute atomic E-state index is 0.129. The van der Waals surface area contributed by atoms with Crippen molar-refractivity contribution in [2.45, 2.75) is 6.92 Å². The van der Waals surface area contributed by atoms with Gasteiger partial charge in [-0.3, -0.25) is 14.8 Å². The molecule has 0 bridgehead atoms. The molecule has 0 amide bonds. The van der Waals surface area contributed by atoms with Crippen LogP contribution in [-0.2, 0) is 4.79 Å². The zero-order valence-electron chi connectivity index (χ0n) is 6.49. The van der Waals surface area contributed by atoms with Crippen molar-refractivity contribution in [2.75, 3.05) is 0 Å². The lowest BCUT2D eigenvalue weighted by Gasteiger charge is -1.92. The third-order valence-electron chi connectivity index (χ3n) is 1.17. The van der Waals surface area contributed by atoms with Crippen LogP contribution in [0.3, 0.4) is 0 Å². The number of hydrogen-bond acceptors (Lipinski definition) is 3. The molecule has 0 aliphatic carbocycles. The Labute approximate surface area is 69.0 Å². The summed E-state index contributed by atoms with van der Waals surface area (Å²) >= 11 is 0. The quantitative estimate of drug-likeness (QED) is 0.491. The number of aldehydes is 1. The first-order valence-electron chi connectivity index (χ1n) is 3.33. The van der Waals surface area contributed by atoms with E-state index in [0.717, 1.165) is 6.08 Å². The number of halogens is 1. The van der Waals surface area contributed by atoms with Crippen molar-refractivity contribution in [2.24, 2.45) is 0 Å². The van der Waals surface area contributed by atoms with Gasteiger partial charge in [0.2, 0.25) is 0 Å². The maximum Gasteiger partial charge on any atom is 0.178 e. The van der Waals surface area contributed by atoms with E-state index in [1.165, 1.54) is 6.20 Å². The van der Waals surface area contributed by atoms with E-state index < -0.39 is 5.83 Å². The normalized spacial score (nSPS) is 11.3. The number of allylic oxidation sites excluding steroid dienone is 1. The Morgan fingerprint density at radius 1 is 1.58 bits per heavy atom. The third kappa shape index (κ3) is 2.23. The molecule has 0 aliphatic rings.